The molecule has 0 aromatic carbocycles. The molecule has 0 bridgehead atoms. The van der Waals surface area contributed by atoms with Gasteiger partial charge >= 0.3 is 5.97 Å². The molecule has 2 atom stereocenters. The fourth-order valence-electron chi connectivity index (χ4n) is 5.62. The monoisotopic (exact) mass is 601 g/mol. The minimum absolute atomic E-state index is 0.262. The molecule has 1 rings (SSSR count). The van der Waals surface area contributed by atoms with Gasteiger partial charge in [0.05, 0.1) is 6.10 Å². The molecular weight excluding hydrogens is 528 g/mol. The summed E-state index contributed by atoms with van der Waals surface area (Å²) in [4.78, 5) is 10.3. The van der Waals surface area contributed by atoms with Gasteiger partial charge in [0.2, 0.25) is 0 Å². The second-order valence-electron chi connectivity index (χ2n) is 12.4. The molecule has 0 saturated carbocycles. The SMILES string of the molecule is CCCCC/C=C\C/C=C\C/C=C\C/C=C\CCCC(=O)O.CCCCCCCC[C@H]1OCCC[C@@H]1CCCCCCC. The third-order valence-corrected chi connectivity index (χ3v) is 8.32. The lowest BCUT2D eigenvalue weighted by Crippen LogP contribution is -2.29. The Labute approximate surface area is 268 Å². The van der Waals surface area contributed by atoms with E-state index >= 15 is 0 Å². The van der Waals surface area contributed by atoms with Crippen LogP contribution in [0.1, 0.15) is 181 Å². The summed E-state index contributed by atoms with van der Waals surface area (Å²) in [5.74, 6) is 0.159. The van der Waals surface area contributed by atoms with Crippen LogP contribution in [0.2, 0.25) is 0 Å². The van der Waals surface area contributed by atoms with Crippen molar-refractivity contribution in [2.24, 2.45) is 5.92 Å². The molecule has 0 radical (unpaired) electrons. The van der Waals surface area contributed by atoms with E-state index in [1.165, 1.54) is 122 Å². The summed E-state index contributed by atoms with van der Waals surface area (Å²) in [5.41, 5.74) is 0. The first-order valence-corrected chi connectivity index (χ1v) is 18.6. The minimum atomic E-state index is -0.712. The number of carboxylic acids is 1. The first-order valence-electron chi connectivity index (χ1n) is 18.6. The van der Waals surface area contributed by atoms with E-state index in [1.54, 1.807) is 0 Å². The predicted octanol–water partition coefficient (Wildman–Crippen LogP) is 13.1. The lowest BCUT2D eigenvalue weighted by Gasteiger charge is -2.32. The van der Waals surface area contributed by atoms with Gasteiger partial charge in [-0.15, -0.1) is 0 Å². The summed E-state index contributed by atoms with van der Waals surface area (Å²) in [6.07, 6.45) is 48.9. The number of hydrogen-bond donors (Lipinski definition) is 1. The Morgan fingerprint density at radius 3 is 1.63 bits per heavy atom. The Kier molecular flexibility index (Phi) is 33.6. The van der Waals surface area contributed by atoms with E-state index in [2.05, 4.69) is 69.4 Å². The molecular formula is C40H72O3. The summed E-state index contributed by atoms with van der Waals surface area (Å²) in [6.45, 7) is 7.84. The average molecular weight is 601 g/mol. The molecule has 1 N–H and O–H groups in total. The Bertz CT molecular complexity index is 690. The van der Waals surface area contributed by atoms with Gasteiger partial charge in [-0.3, -0.25) is 4.79 Å². The number of hydrogen-bond acceptors (Lipinski definition) is 2. The van der Waals surface area contributed by atoms with Crippen LogP contribution in [-0.4, -0.2) is 23.8 Å². The van der Waals surface area contributed by atoms with Crippen molar-refractivity contribution in [2.75, 3.05) is 6.61 Å². The van der Waals surface area contributed by atoms with E-state index in [9.17, 15) is 4.79 Å². The van der Waals surface area contributed by atoms with Gasteiger partial charge in [0, 0.05) is 13.0 Å². The molecule has 3 nitrogen and oxygen atoms in total. The van der Waals surface area contributed by atoms with Crippen molar-refractivity contribution >= 4 is 5.97 Å². The van der Waals surface area contributed by atoms with Gasteiger partial charge in [-0.1, -0.05) is 153 Å². The van der Waals surface area contributed by atoms with E-state index in [0.717, 1.165) is 44.6 Å². The highest BCUT2D eigenvalue weighted by molar-refractivity contribution is 5.66. The van der Waals surface area contributed by atoms with Gasteiger partial charge < -0.3 is 9.84 Å². The molecule has 250 valence electrons. The van der Waals surface area contributed by atoms with Crippen molar-refractivity contribution in [3.8, 4) is 0 Å². The van der Waals surface area contributed by atoms with E-state index in [1.807, 2.05) is 0 Å². The molecule has 0 amide bonds. The molecule has 0 aliphatic carbocycles. The lowest BCUT2D eigenvalue weighted by atomic mass is 9.86. The number of unbranched alkanes of at least 4 members (excludes halogenated alkanes) is 13. The quantitative estimate of drug-likeness (QED) is 0.0753. The first-order chi connectivity index (χ1) is 21.2. The van der Waals surface area contributed by atoms with Crippen LogP contribution >= 0.6 is 0 Å². The van der Waals surface area contributed by atoms with Crippen molar-refractivity contribution in [3.63, 3.8) is 0 Å². The third kappa shape index (κ3) is 31.6. The maximum Gasteiger partial charge on any atom is 0.303 e. The highest BCUT2D eigenvalue weighted by Crippen LogP contribution is 2.29. The van der Waals surface area contributed by atoms with Crippen LogP contribution in [0.25, 0.3) is 0 Å². The van der Waals surface area contributed by atoms with E-state index < -0.39 is 5.97 Å². The van der Waals surface area contributed by atoms with Gasteiger partial charge in [0.1, 0.15) is 0 Å². The van der Waals surface area contributed by atoms with Crippen molar-refractivity contribution in [2.45, 2.75) is 187 Å². The van der Waals surface area contributed by atoms with Crippen molar-refractivity contribution in [3.05, 3.63) is 48.6 Å². The standard InChI is InChI=1S/C20H32O2.C20H40O/c1-2-3-4-5-6-7-8-9-10-11-12-13-14-15-16-17-18-19-20(21)22;1-3-5-7-9-11-13-17-20-19(16-14-18-21-20)15-12-10-8-6-4-2/h6-7,9-10,12-13,15-16H,2-5,8,11,14,17-19H2,1H3,(H,21,22);19-20H,3-18H2,1-2H3/b7-6-,10-9-,13-12-,16-15-;/t;19-,20+/m.0/s1. The molecule has 1 heterocycles. The molecule has 1 saturated heterocycles. The number of allylic oxidation sites excluding steroid dienone is 8. The molecule has 0 aromatic heterocycles. The fraction of sp³-hybridized carbons (Fsp3) is 0.775. The summed E-state index contributed by atoms with van der Waals surface area (Å²) in [6, 6.07) is 0. The third-order valence-electron chi connectivity index (χ3n) is 8.32. The Balaban J connectivity index is 0.000000821. The molecule has 1 fully saturated rings. The second-order valence-corrected chi connectivity index (χ2v) is 12.4. The first kappa shape index (κ1) is 41.4. The van der Waals surface area contributed by atoms with Crippen LogP contribution in [-0.2, 0) is 9.53 Å². The van der Waals surface area contributed by atoms with Crippen molar-refractivity contribution in [1.82, 2.24) is 0 Å². The van der Waals surface area contributed by atoms with Crippen LogP contribution < -0.4 is 0 Å². The van der Waals surface area contributed by atoms with Crippen molar-refractivity contribution in [1.29, 1.82) is 0 Å². The second kappa shape index (κ2) is 34.9. The predicted molar refractivity (Wildman–Crippen MR) is 190 cm³/mol. The van der Waals surface area contributed by atoms with Gasteiger partial charge in [-0.2, -0.15) is 0 Å². The zero-order valence-corrected chi connectivity index (χ0v) is 28.9. The maximum absolute atomic E-state index is 10.3. The van der Waals surface area contributed by atoms with E-state index in [4.69, 9.17) is 9.84 Å². The molecule has 3 heteroatoms. The zero-order valence-electron chi connectivity index (χ0n) is 28.9. The molecule has 1 aliphatic rings. The largest absolute Gasteiger partial charge is 0.481 e. The summed E-state index contributed by atoms with van der Waals surface area (Å²) in [7, 11) is 0. The summed E-state index contributed by atoms with van der Waals surface area (Å²) < 4.78 is 6.10. The molecule has 43 heavy (non-hydrogen) atoms. The Hall–Kier alpha value is -1.61. The Morgan fingerprint density at radius 2 is 1.07 bits per heavy atom. The summed E-state index contributed by atoms with van der Waals surface area (Å²) >= 11 is 0. The normalized spacial score (nSPS) is 17.4. The Morgan fingerprint density at radius 1 is 0.605 bits per heavy atom. The van der Waals surface area contributed by atoms with E-state index in [0.29, 0.717) is 6.10 Å². The number of ether oxygens (including phenoxy) is 1. The summed E-state index contributed by atoms with van der Waals surface area (Å²) in [5, 5.41) is 8.49. The molecule has 0 spiro atoms. The van der Waals surface area contributed by atoms with Crippen LogP contribution in [0.5, 0.6) is 0 Å². The van der Waals surface area contributed by atoms with E-state index in [-0.39, 0.29) is 6.42 Å². The molecule has 0 aromatic rings. The minimum Gasteiger partial charge on any atom is -0.481 e. The topological polar surface area (TPSA) is 46.5 Å². The van der Waals surface area contributed by atoms with Gasteiger partial charge in [0.25, 0.3) is 0 Å². The molecule has 1 aliphatic heterocycles. The zero-order chi connectivity index (χ0) is 31.5. The maximum atomic E-state index is 10.3. The van der Waals surface area contributed by atoms with Gasteiger partial charge in [-0.05, 0) is 76.5 Å². The van der Waals surface area contributed by atoms with Gasteiger partial charge in [-0.25, -0.2) is 0 Å². The van der Waals surface area contributed by atoms with Crippen LogP contribution in [0.4, 0.5) is 0 Å². The number of rotatable bonds is 27. The smallest absolute Gasteiger partial charge is 0.303 e. The highest BCUT2D eigenvalue weighted by Gasteiger charge is 2.24. The van der Waals surface area contributed by atoms with Crippen molar-refractivity contribution < 1.29 is 14.6 Å². The highest BCUT2D eigenvalue weighted by atomic mass is 16.5. The average Bonchev–Trinajstić information content (AvgIpc) is 3.01. The lowest BCUT2D eigenvalue weighted by molar-refractivity contribution is -0.137. The fourth-order valence-corrected chi connectivity index (χ4v) is 5.62. The van der Waals surface area contributed by atoms with Gasteiger partial charge in [0.15, 0.2) is 0 Å². The number of carboxylic acid groups (broad SMARTS) is 1. The van der Waals surface area contributed by atoms with Crippen LogP contribution in [0.3, 0.4) is 0 Å². The molecule has 0 unspecified atom stereocenters. The number of carbonyl (C=O) groups is 1. The van der Waals surface area contributed by atoms with Crippen LogP contribution in [0, 0.1) is 5.92 Å². The van der Waals surface area contributed by atoms with Crippen LogP contribution in [0.15, 0.2) is 48.6 Å². The number of aliphatic carboxylic acids is 1.